The van der Waals surface area contributed by atoms with Crippen LogP contribution >= 0.6 is 11.3 Å². The molecule has 0 amide bonds. The summed E-state index contributed by atoms with van der Waals surface area (Å²) < 4.78 is 22.0. The number of aromatic nitrogens is 1. The molecular formula is C14H12N2OS2. The van der Waals surface area contributed by atoms with Crippen molar-refractivity contribution in [2.75, 3.05) is 0 Å². The molecule has 1 aromatic heterocycles. The zero-order valence-corrected chi connectivity index (χ0v) is 11.7. The lowest BCUT2D eigenvalue weighted by Crippen LogP contribution is -2.02. The Morgan fingerprint density at radius 2 is 1.74 bits per heavy atom. The number of hydrogen-bond acceptors (Lipinski definition) is 4. The van der Waals surface area contributed by atoms with Crippen molar-refractivity contribution in [1.29, 1.82) is 4.78 Å². The second-order valence-corrected chi connectivity index (χ2v) is 7.57. The zero-order valence-electron chi connectivity index (χ0n) is 10.1. The van der Waals surface area contributed by atoms with Gasteiger partial charge in [0, 0.05) is 0 Å². The smallest absolute Gasteiger partial charge is 0.190 e. The van der Waals surface area contributed by atoms with Gasteiger partial charge in [0.05, 0.1) is 16.0 Å². The molecule has 0 aliphatic rings. The second kappa shape index (κ2) is 4.75. The normalized spacial score (nSPS) is 14.3. The van der Waals surface area contributed by atoms with Gasteiger partial charge in [0.15, 0.2) is 4.34 Å². The first-order chi connectivity index (χ1) is 9.15. The quantitative estimate of drug-likeness (QED) is 0.794. The fourth-order valence-electron chi connectivity index (χ4n) is 1.86. The second-order valence-electron chi connectivity index (χ2n) is 4.25. The van der Waals surface area contributed by atoms with E-state index in [1.165, 1.54) is 11.3 Å². The Labute approximate surface area is 115 Å². The monoisotopic (exact) mass is 288 g/mol. The van der Waals surface area contributed by atoms with E-state index in [-0.39, 0.29) is 5.75 Å². The highest BCUT2D eigenvalue weighted by atomic mass is 32.2. The van der Waals surface area contributed by atoms with Crippen molar-refractivity contribution in [1.82, 2.24) is 4.98 Å². The number of thiazole rings is 1. The minimum atomic E-state index is -2.87. The Bertz CT molecular complexity index is 775. The summed E-state index contributed by atoms with van der Waals surface area (Å²) >= 11 is 1.35. The summed E-state index contributed by atoms with van der Waals surface area (Å²) in [7, 11) is -2.87. The Hall–Kier alpha value is -1.72. The van der Waals surface area contributed by atoms with E-state index in [0.717, 1.165) is 15.8 Å². The SMILES string of the molecule is N=S(=O)(Cc1ccccc1)c1nc2ccccc2s1. The van der Waals surface area contributed by atoms with Crippen molar-refractivity contribution in [3.63, 3.8) is 0 Å². The number of fused-ring (bicyclic) bond motifs is 1. The Morgan fingerprint density at radius 1 is 1.05 bits per heavy atom. The number of nitrogens with zero attached hydrogens (tertiary/aromatic N) is 1. The molecule has 0 aliphatic carbocycles. The molecule has 0 saturated carbocycles. The fraction of sp³-hybridized carbons (Fsp3) is 0.0714. The minimum Gasteiger partial charge on any atom is -0.247 e. The molecule has 0 aliphatic heterocycles. The van der Waals surface area contributed by atoms with Gasteiger partial charge in [-0.2, -0.15) is 0 Å². The summed E-state index contributed by atoms with van der Waals surface area (Å²) in [6.07, 6.45) is 0. The van der Waals surface area contributed by atoms with E-state index in [1.807, 2.05) is 54.6 Å². The molecule has 96 valence electrons. The van der Waals surface area contributed by atoms with E-state index in [2.05, 4.69) is 4.98 Å². The Morgan fingerprint density at radius 3 is 2.47 bits per heavy atom. The van der Waals surface area contributed by atoms with Crippen LogP contribution in [0.1, 0.15) is 5.56 Å². The molecule has 0 saturated heterocycles. The van der Waals surface area contributed by atoms with Crippen molar-refractivity contribution in [2.24, 2.45) is 0 Å². The lowest BCUT2D eigenvalue weighted by atomic mass is 10.2. The van der Waals surface area contributed by atoms with E-state index in [1.54, 1.807) is 0 Å². The molecule has 1 heterocycles. The van der Waals surface area contributed by atoms with Crippen molar-refractivity contribution in [3.05, 3.63) is 60.2 Å². The number of nitrogens with one attached hydrogen (secondary N) is 1. The first-order valence-corrected chi connectivity index (χ1v) is 8.35. The predicted octanol–water partition coefficient (Wildman–Crippen LogP) is 3.90. The van der Waals surface area contributed by atoms with Gasteiger partial charge < -0.3 is 0 Å². The molecule has 5 heteroatoms. The number of rotatable bonds is 3. The molecule has 0 bridgehead atoms. The summed E-state index contributed by atoms with van der Waals surface area (Å²) in [5, 5.41) is 0. The Balaban J connectivity index is 2.00. The average molecular weight is 288 g/mol. The van der Waals surface area contributed by atoms with Crippen LogP contribution in [0, 0.1) is 4.78 Å². The first kappa shape index (κ1) is 12.3. The molecule has 2 aromatic carbocycles. The molecule has 0 spiro atoms. The van der Waals surface area contributed by atoms with Gasteiger partial charge in [-0.3, -0.25) is 0 Å². The van der Waals surface area contributed by atoms with Gasteiger partial charge in [-0.25, -0.2) is 14.0 Å². The molecule has 0 fully saturated rings. The maximum atomic E-state index is 12.5. The first-order valence-electron chi connectivity index (χ1n) is 5.81. The summed E-state index contributed by atoms with van der Waals surface area (Å²) in [6, 6.07) is 17.1. The van der Waals surface area contributed by atoms with Crippen LogP contribution in [0.4, 0.5) is 0 Å². The topological polar surface area (TPSA) is 53.8 Å². The van der Waals surface area contributed by atoms with Gasteiger partial charge >= 0.3 is 0 Å². The number of benzene rings is 2. The molecule has 1 N–H and O–H groups in total. The fourth-order valence-corrected chi connectivity index (χ4v) is 4.58. The van der Waals surface area contributed by atoms with Gasteiger partial charge in [0.2, 0.25) is 0 Å². The van der Waals surface area contributed by atoms with E-state index in [9.17, 15) is 4.21 Å². The van der Waals surface area contributed by atoms with Gasteiger partial charge in [0.25, 0.3) is 0 Å². The maximum Gasteiger partial charge on any atom is 0.190 e. The highest BCUT2D eigenvalue weighted by Crippen LogP contribution is 2.27. The standard InChI is InChI=1S/C14H12N2OS2/c15-19(17,10-11-6-2-1-3-7-11)14-16-12-8-4-5-9-13(12)18-14/h1-9,15H,10H2. The summed E-state index contributed by atoms with van der Waals surface area (Å²) in [5.41, 5.74) is 1.72. The van der Waals surface area contributed by atoms with Crippen molar-refractivity contribution < 1.29 is 4.21 Å². The largest absolute Gasteiger partial charge is 0.247 e. The number of para-hydroxylation sites is 1. The van der Waals surface area contributed by atoms with Crippen LogP contribution in [0.15, 0.2) is 58.9 Å². The van der Waals surface area contributed by atoms with Crippen LogP contribution in [0.25, 0.3) is 10.2 Å². The van der Waals surface area contributed by atoms with Crippen molar-refractivity contribution >= 4 is 31.3 Å². The van der Waals surface area contributed by atoms with Crippen molar-refractivity contribution in [2.45, 2.75) is 10.1 Å². The third kappa shape index (κ3) is 2.52. The molecule has 1 unspecified atom stereocenters. The van der Waals surface area contributed by atoms with Gasteiger partial charge in [-0.1, -0.05) is 42.5 Å². The zero-order chi connectivity index (χ0) is 13.3. The van der Waals surface area contributed by atoms with E-state index in [4.69, 9.17) is 4.78 Å². The van der Waals surface area contributed by atoms with Crippen LogP contribution in [0.5, 0.6) is 0 Å². The molecule has 1 atom stereocenters. The summed E-state index contributed by atoms with van der Waals surface area (Å²) in [6.45, 7) is 0. The minimum absolute atomic E-state index is 0.216. The molecule has 3 aromatic rings. The van der Waals surface area contributed by atoms with E-state index in [0.29, 0.717) is 4.34 Å². The summed E-state index contributed by atoms with van der Waals surface area (Å²) in [4.78, 5) is 4.34. The molecule has 3 nitrogen and oxygen atoms in total. The third-order valence-electron chi connectivity index (χ3n) is 2.77. The van der Waals surface area contributed by atoms with Crippen LogP contribution in [0.3, 0.4) is 0 Å². The molecular weight excluding hydrogens is 276 g/mol. The maximum absolute atomic E-state index is 12.5. The lowest BCUT2D eigenvalue weighted by molar-refractivity contribution is 0.673. The van der Waals surface area contributed by atoms with Crippen LogP contribution in [0.2, 0.25) is 0 Å². The molecule has 19 heavy (non-hydrogen) atoms. The molecule has 0 radical (unpaired) electrons. The highest BCUT2D eigenvalue weighted by molar-refractivity contribution is 7.93. The third-order valence-corrected chi connectivity index (χ3v) is 6.05. The van der Waals surface area contributed by atoms with E-state index >= 15 is 0 Å². The molecule has 3 rings (SSSR count). The Kier molecular flexibility index (Phi) is 3.08. The van der Waals surface area contributed by atoms with Crippen LogP contribution in [-0.2, 0) is 15.5 Å². The van der Waals surface area contributed by atoms with Gasteiger partial charge in [-0.05, 0) is 17.7 Å². The summed E-state index contributed by atoms with van der Waals surface area (Å²) in [5.74, 6) is 0.216. The predicted molar refractivity (Wildman–Crippen MR) is 78.9 cm³/mol. The highest BCUT2D eigenvalue weighted by Gasteiger charge is 2.16. The van der Waals surface area contributed by atoms with Crippen LogP contribution < -0.4 is 0 Å². The van der Waals surface area contributed by atoms with Gasteiger partial charge in [0.1, 0.15) is 9.73 Å². The average Bonchev–Trinajstić information content (AvgIpc) is 2.84. The lowest BCUT2D eigenvalue weighted by Gasteiger charge is -2.03. The van der Waals surface area contributed by atoms with Gasteiger partial charge in [-0.15, -0.1) is 11.3 Å². The number of hydrogen-bond donors (Lipinski definition) is 1. The van der Waals surface area contributed by atoms with Crippen LogP contribution in [-0.4, -0.2) is 9.19 Å². The van der Waals surface area contributed by atoms with Crippen molar-refractivity contribution in [3.8, 4) is 0 Å². The van der Waals surface area contributed by atoms with E-state index < -0.39 is 9.73 Å².